The molecule has 0 fully saturated rings. The third kappa shape index (κ3) is 4.92. The van der Waals surface area contributed by atoms with Crippen LogP contribution in [0.15, 0.2) is 30.3 Å². The molecule has 24 heavy (non-hydrogen) atoms. The Morgan fingerprint density at radius 3 is 2.67 bits per heavy atom. The van der Waals surface area contributed by atoms with Crippen molar-refractivity contribution in [1.82, 2.24) is 4.98 Å². The molecule has 0 aliphatic carbocycles. The molecule has 3 heteroatoms. The fraction of sp³-hybridized carbons (Fsp3) is 0.429. The van der Waals surface area contributed by atoms with Gasteiger partial charge in [-0.2, -0.15) is 0 Å². The highest BCUT2D eigenvalue weighted by Crippen LogP contribution is 2.31. The first-order chi connectivity index (χ1) is 11.6. The summed E-state index contributed by atoms with van der Waals surface area (Å²) in [4.78, 5) is 16.2. The topological polar surface area (TPSA) is 39.2 Å². The zero-order valence-corrected chi connectivity index (χ0v) is 15.0. The first-order valence-electron chi connectivity index (χ1n) is 8.87. The van der Waals surface area contributed by atoms with E-state index in [2.05, 4.69) is 19.1 Å². The summed E-state index contributed by atoms with van der Waals surface area (Å²) in [6.45, 7) is 5.62. The van der Waals surface area contributed by atoms with Gasteiger partial charge >= 0.3 is 5.97 Å². The van der Waals surface area contributed by atoms with Crippen molar-refractivity contribution >= 4 is 22.9 Å². The van der Waals surface area contributed by atoms with E-state index in [9.17, 15) is 4.79 Å². The van der Waals surface area contributed by atoms with Crippen LogP contribution in [0.25, 0.3) is 17.0 Å². The lowest BCUT2D eigenvalue weighted by Gasteiger charge is -2.11. The molecule has 0 aliphatic heterocycles. The van der Waals surface area contributed by atoms with E-state index >= 15 is 0 Å². The summed E-state index contributed by atoms with van der Waals surface area (Å²) in [5.41, 5.74) is 2.63. The maximum atomic E-state index is 11.4. The van der Waals surface area contributed by atoms with Gasteiger partial charge in [0.25, 0.3) is 0 Å². The number of aromatic nitrogens is 1. The van der Waals surface area contributed by atoms with Crippen molar-refractivity contribution in [2.75, 3.05) is 0 Å². The first-order valence-corrected chi connectivity index (χ1v) is 8.87. The molecule has 3 nitrogen and oxygen atoms in total. The molecular weight excluding hydrogens is 298 g/mol. The first kappa shape index (κ1) is 18.2. The lowest BCUT2D eigenvalue weighted by molar-refractivity contribution is -0.131. The van der Waals surface area contributed by atoms with Crippen molar-refractivity contribution in [2.45, 2.75) is 59.3 Å². The van der Waals surface area contributed by atoms with E-state index in [-0.39, 0.29) is 5.97 Å². The predicted molar refractivity (Wildman–Crippen MR) is 100 cm³/mol. The largest absolute Gasteiger partial charge is 0.426 e. The minimum absolute atomic E-state index is 0.305. The van der Waals surface area contributed by atoms with Crippen molar-refractivity contribution in [3.8, 4) is 5.75 Å². The summed E-state index contributed by atoms with van der Waals surface area (Å²) in [7, 11) is 0. The molecule has 0 aliphatic rings. The number of allylic oxidation sites excluding steroid dienone is 1. The Balaban J connectivity index is 2.17. The Morgan fingerprint density at radius 2 is 1.92 bits per heavy atom. The summed E-state index contributed by atoms with van der Waals surface area (Å²) >= 11 is 0. The van der Waals surface area contributed by atoms with Crippen LogP contribution in [0.3, 0.4) is 0 Å². The van der Waals surface area contributed by atoms with Crippen molar-refractivity contribution in [3.63, 3.8) is 0 Å². The summed E-state index contributed by atoms with van der Waals surface area (Å²) < 4.78 is 5.46. The highest BCUT2D eigenvalue weighted by Gasteiger charge is 2.12. The van der Waals surface area contributed by atoms with Crippen LogP contribution in [0.4, 0.5) is 0 Å². The fourth-order valence-corrected chi connectivity index (χ4v) is 2.79. The molecule has 0 radical (unpaired) electrons. The third-order valence-corrected chi connectivity index (χ3v) is 4.11. The molecule has 0 bridgehead atoms. The van der Waals surface area contributed by atoms with Crippen molar-refractivity contribution in [3.05, 3.63) is 41.6 Å². The molecule has 1 aromatic heterocycles. The van der Waals surface area contributed by atoms with Gasteiger partial charge in [-0.15, -0.1) is 0 Å². The van der Waals surface area contributed by atoms with Crippen molar-refractivity contribution in [2.24, 2.45) is 0 Å². The van der Waals surface area contributed by atoms with E-state index in [4.69, 9.17) is 9.72 Å². The fourth-order valence-electron chi connectivity index (χ4n) is 2.79. The quantitative estimate of drug-likeness (QED) is 0.452. The van der Waals surface area contributed by atoms with Crippen LogP contribution in [-0.2, 0) is 4.79 Å². The molecule has 0 amide bonds. The van der Waals surface area contributed by atoms with Crippen LogP contribution in [0.5, 0.6) is 5.75 Å². The van der Waals surface area contributed by atoms with Gasteiger partial charge in [-0.1, -0.05) is 50.8 Å². The van der Waals surface area contributed by atoms with Crippen LogP contribution in [-0.4, -0.2) is 11.0 Å². The number of hydrogen-bond donors (Lipinski definition) is 0. The normalized spacial score (nSPS) is 11.3. The number of fused-ring (bicyclic) bond motifs is 1. The summed E-state index contributed by atoms with van der Waals surface area (Å²) in [5.74, 6) is 0.316. The molecule has 0 unspecified atom stereocenters. The second-order valence-electron chi connectivity index (χ2n) is 6.17. The zero-order valence-electron chi connectivity index (χ0n) is 15.0. The molecular formula is C21H27NO2. The molecule has 0 atom stereocenters. The van der Waals surface area contributed by atoms with Gasteiger partial charge in [0.1, 0.15) is 5.75 Å². The average Bonchev–Trinajstić information content (AvgIpc) is 2.57. The van der Waals surface area contributed by atoms with Gasteiger partial charge < -0.3 is 4.74 Å². The average molecular weight is 325 g/mol. The molecule has 0 saturated heterocycles. The van der Waals surface area contributed by atoms with Crippen molar-refractivity contribution < 1.29 is 9.53 Å². The number of para-hydroxylation sites is 1. The Kier molecular flexibility index (Phi) is 6.98. The number of ether oxygens (including phenoxy) is 1. The van der Waals surface area contributed by atoms with E-state index in [0.717, 1.165) is 28.6 Å². The van der Waals surface area contributed by atoms with Gasteiger partial charge in [0.05, 0.1) is 11.2 Å². The van der Waals surface area contributed by atoms with Gasteiger partial charge in [-0.3, -0.25) is 4.79 Å². The van der Waals surface area contributed by atoms with E-state index in [0.29, 0.717) is 5.75 Å². The molecule has 0 spiro atoms. The highest BCUT2D eigenvalue weighted by molar-refractivity contribution is 5.90. The maximum absolute atomic E-state index is 11.4. The minimum atomic E-state index is -0.305. The lowest BCUT2D eigenvalue weighted by atomic mass is 10.1. The molecule has 1 heterocycles. The van der Waals surface area contributed by atoms with E-state index < -0.39 is 0 Å². The number of carbonyl (C=O) groups excluding carboxylic acids is 1. The van der Waals surface area contributed by atoms with Crippen LogP contribution in [0, 0.1) is 6.92 Å². The van der Waals surface area contributed by atoms with E-state index in [1.165, 1.54) is 39.0 Å². The Hall–Kier alpha value is -2.16. The SMILES string of the molecule is CCCCCCCC=Cc1nc2ccccc2c(OC(C)=O)c1C. The van der Waals surface area contributed by atoms with Crippen molar-refractivity contribution in [1.29, 1.82) is 0 Å². The van der Waals surface area contributed by atoms with Gasteiger partial charge in [-0.25, -0.2) is 4.98 Å². The highest BCUT2D eigenvalue weighted by atomic mass is 16.5. The Bertz CT molecular complexity index is 719. The smallest absolute Gasteiger partial charge is 0.308 e. The van der Waals surface area contributed by atoms with Gasteiger partial charge in [0.2, 0.25) is 0 Å². The number of benzene rings is 1. The molecule has 128 valence electrons. The molecule has 1 aromatic carbocycles. The lowest BCUT2D eigenvalue weighted by Crippen LogP contribution is -2.05. The van der Waals surface area contributed by atoms with E-state index in [1.807, 2.05) is 31.2 Å². The number of pyridine rings is 1. The number of hydrogen-bond acceptors (Lipinski definition) is 3. The number of rotatable bonds is 8. The third-order valence-electron chi connectivity index (χ3n) is 4.11. The van der Waals surface area contributed by atoms with Gasteiger partial charge in [0, 0.05) is 17.9 Å². The summed E-state index contributed by atoms with van der Waals surface area (Å²) in [6.07, 6.45) is 11.7. The van der Waals surface area contributed by atoms with Crippen LogP contribution >= 0.6 is 0 Å². The zero-order chi connectivity index (χ0) is 17.4. The molecule has 0 saturated carbocycles. The standard InChI is InChI=1S/C21H27NO2/c1-4-5-6-7-8-9-10-14-19-16(2)21(24-17(3)23)18-13-11-12-15-20(18)22-19/h10-15H,4-9H2,1-3H3. The number of esters is 1. The van der Waals surface area contributed by atoms with Crippen LogP contribution in [0.1, 0.15) is 63.6 Å². The summed E-state index contributed by atoms with van der Waals surface area (Å²) in [6, 6.07) is 7.77. The number of carbonyl (C=O) groups is 1. The maximum Gasteiger partial charge on any atom is 0.308 e. The Labute approximate surface area is 144 Å². The predicted octanol–water partition coefficient (Wildman–Crippen LogP) is 5.84. The number of nitrogens with zero attached hydrogens (tertiary/aromatic N) is 1. The number of unbranched alkanes of at least 4 members (excludes halogenated alkanes) is 5. The van der Waals surface area contributed by atoms with E-state index in [1.54, 1.807) is 0 Å². The molecule has 0 N–H and O–H groups in total. The molecule has 2 rings (SSSR count). The van der Waals surface area contributed by atoms with Gasteiger partial charge in [0.15, 0.2) is 0 Å². The van der Waals surface area contributed by atoms with Gasteiger partial charge in [-0.05, 0) is 38.0 Å². The monoisotopic (exact) mass is 325 g/mol. The Morgan fingerprint density at radius 1 is 1.17 bits per heavy atom. The summed E-state index contributed by atoms with van der Waals surface area (Å²) in [5, 5.41) is 0.877. The van der Waals surface area contributed by atoms with Crippen LogP contribution < -0.4 is 4.74 Å². The molecule has 2 aromatic rings. The second kappa shape index (κ2) is 9.21. The van der Waals surface area contributed by atoms with Crippen LogP contribution in [0.2, 0.25) is 0 Å². The second-order valence-corrected chi connectivity index (χ2v) is 6.17. The minimum Gasteiger partial charge on any atom is -0.426 e.